The second-order valence-corrected chi connectivity index (χ2v) is 4.18. The van der Waals surface area contributed by atoms with Gasteiger partial charge in [-0.1, -0.05) is 15.9 Å². The highest BCUT2D eigenvalue weighted by Crippen LogP contribution is 2.36. The summed E-state index contributed by atoms with van der Waals surface area (Å²) in [5, 5.41) is 19.0. The van der Waals surface area contributed by atoms with E-state index < -0.39 is 22.3 Å². The minimum Gasteiger partial charge on any atom is -0.395 e. The molecule has 7 heteroatoms. The molecule has 1 N–H and O–H groups in total. The molecule has 0 aromatic heterocycles. The van der Waals surface area contributed by atoms with Gasteiger partial charge in [-0.05, 0) is 12.1 Å². The number of benzene rings is 1. The maximum atomic E-state index is 13.5. The molecule has 0 saturated carbocycles. The van der Waals surface area contributed by atoms with Crippen molar-refractivity contribution < 1.29 is 18.8 Å². The molecule has 0 saturated heterocycles. The largest absolute Gasteiger partial charge is 0.395 e. The Bertz CT molecular complexity index is 383. The van der Waals surface area contributed by atoms with Crippen LogP contribution in [0.5, 0.6) is 0 Å². The zero-order chi connectivity index (χ0) is 12.3. The van der Waals surface area contributed by atoms with Crippen LogP contribution in [0.2, 0.25) is 0 Å². The summed E-state index contributed by atoms with van der Waals surface area (Å²) in [7, 11) is 0. The fraction of sp³-hybridized carbons (Fsp3) is 0.333. The molecular formula is C9H8BrF2NO3. The van der Waals surface area contributed by atoms with E-state index in [1.54, 1.807) is 0 Å². The molecule has 16 heavy (non-hydrogen) atoms. The van der Waals surface area contributed by atoms with Crippen molar-refractivity contribution in [2.24, 2.45) is 0 Å². The van der Waals surface area contributed by atoms with E-state index in [0.717, 1.165) is 24.3 Å². The Labute approximate surface area is 98.2 Å². The normalized spacial score (nSPS) is 13.5. The molecule has 0 bridgehead atoms. The highest BCUT2D eigenvalue weighted by Gasteiger charge is 2.39. The number of aliphatic hydroxyl groups excluding tert-OH is 1. The maximum absolute atomic E-state index is 13.5. The van der Waals surface area contributed by atoms with Gasteiger partial charge >= 0.3 is 0 Å². The third kappa shape index (κ3) is 2.53. The number of rotatable bonds is 4. The van der Waals surface area contributed by atoms with Crippen LogP contribution in [-0.2, 0) is 5.92 Å². The van der Waals surface area contributed by atoms with E-state index in [2.05, 4.69) is 15.9 Å². The molecule has 0 radical (unpaired) electrons. The molecular weight excluding hydrogens is 288 g/mol. The van der Waals surface area contributed by atoms with E-state index in [-0.39, 0.29) is 11.3 Å². The van der Waals surface area contributed by atoms with Crippen molar-refractivity contribution in [1.82, 2.24) is 0 Å². The summed E-state index contributed by atoms with van der Waals surface area (Å²) < 4.78 is 27.0. The van der Waals surface area contributed by atoms with E-state index >= 15 is 0 Å². The van der Waals surface area contributed by atoms with Crippen molar-refractivity contribution in [1.29, 1.82) is 0 Å². The van der Waals surface area contributed by atoms with E-state index in [4.69, 9.17) is 5.11 Å². The zero-order valence-electron chi connectivity index (χ0n) is 7.94. The van der Waals surface area contributed by atoms with Gasteiger partial charge in [0.1, 0.15) is 4.83 Å². The molecule has 88 valence electrons. The second-order valence-electron chi connectivity index (χ2n) is 3.08. The van der Waals surface area contributed by atoms with Crippen LogP contribution in [0.4, 0.5) is 14.5 Å². The maximum Gasteiger partial charge on any atom is 0.287 e. The van der Waals surface area contributed by atoms with Gasteiger partial charge < -0.3 is 5.11 Å². The Morgan fingerprint density at radius 2 is 1.94 bits per heavy atom. The van der Waals surface area contributed by atoms with Gasteiger partial charge in [-0.25, -0.2) is 0 Å². The number of nitro benzene ring substituents is 1. The molecule has 1 atom stereocenters. The van der Waals surface area contributed by atoms with Crippen molar-refractivity contribution in [3.63, 3.8) is 0 Å². The molecule has 0 aliphatic heterocycles. The minimum absolute atomic E-state index is 0.255. The Morgan fingerprint density at radius 3 is 2.31 bits per heavy atom. The van der Waals surface area contributed by atoms with Crippen LogP contribution < -0.4 is 0 Å². The van der Waals surface area contributed by atoms with Crippen LogP contribution >= 0.6 is 15.9 Å². The average Bonchev–Trinajstić information content (AvgIpc) is 2.28. The van der Waals surface area contributed by atoms with Gasteiger partial charge in [0, 0.05) is 17.7 Å². The lowest BCUT2D eigenvalue weighted by molar-refractivity contribution is -0.384. The molecule has 0 spiro atoms. The summed E-state index contributed by atoms with van der Waals surface area (Å²) in [6.45, 7) is -0.732. The number of non-ortho nitro benzene ring substituents is 1. The highest BCUT2D eigenvalue weighted by atomic mass is 79.9. The first-order valence-corrected chi connectivity index (χ1v) is 5.19. The summed E-state index contributed by atoms with van der Waals surface area (Å²) in [5.41, 5.74) is -0.635. The Morgan fingerprint density at radius 1 is 1.44 bits per heavy atom. The van der Waals surface area contributed by atoms with Crippen LogP contribution in [0.15, 0.2) is 24.3 Å². The fourth-order valence-corrected chi connectivity index (χ4v) is 1.37. The number of nitro groups is 1. The molecule has 0 fully saturated rings. The van der Waals surface area contributed by atoms with Crippen molar-refractivity contribution >= 4 is 21.6 Å². The molecule has 0 aliphatic rings. The Balaban J connectivity index is 3.01. The van der Waals surface area contributed by atoms with Gasteiger partial charge in [-0.2, -0.15) is 8.78 Å². The van der Waals surface area contributed by atoms with Gasteiger partial charge in [0.2, 0.25) is 0 Å². The third-order valence-electron chi connectivity index (χ3n) is 2.02. The van der Waals surface area contributed by atoms with Crippen LogP contribution in [0.1, 0.15) is 5.56 Å². The summed E-state index contributed by atoms with van der Waals surface area (Å²) in [6, 6.07) is 3.95. The Kier molecular flexibility index (Phi) is 3.93. The number of nitrogens with zero attached hydrogens (tertiary/aromatic N) is 1. The molecule has 4 nitrogen and oxygen atoms in total. The number of halogens is 3. The first-order valence-electron chi connectivity index (χ1n) is 4.27. The first kappa shape index (κ1) is 13.0. The second kappa shape index (κ2) is 4.84. The number of hydrogen-bond donors (Lipinski definition) is 1. The summed E-state index contributed by atoms with van der Waals surface area (Å²) >= 11 is 2.65. The lowest BCUT2D eigenvalue weighted by Crippen LogP contribution is -2.28. The van der Waals surface area contributed by atoms with Crippen molar-refractivity contribution in [3.8, 4) is 0 Å². The van der Waals surface area contributed by atoms with Crippen LogP contribution in [-0.4, -0.2) is 21.5 Å². The summed E-state index contributed by atoms with van der Waals surface area (Å²) in [6.07, 6.45) is 0. The number of alkyl halides is 3. The fourth-order valence-electron chi connectivity index (χ4n) is 1.10. The van der Waals surface area contributed by atoms with Crippen molar-refractivity contribution in [3.05, 3.63) is 39.9 Å². The highest BCUT2D eigenvalue weighted by molar-refractivity contribution is 9.09. The smallest absolute Gasteiger partial charge is 0.287 e. The summed E-state index contributed by atoms with van der Waals surface area (Å²) in [4.78, 5) is 8.24. The molecule has 0 aliphatic carbocycles. The molecule has 1 rings (SSSR count). The van der Waals surface area contributed by atoms with E-state index in [9.17, 15) is 18.9 Å². The van der Waals surface area contributed by atoms with E-state index in [0.29, 0.717) is 0 Å². The van der Waals surface area contributed by atoms with Gasteiger partial charge in [-0.3, -0.25) is 10.1 Å². The number of hydrogen-bond acceptors (Lipinski definition) is 3. The standard InChI is InChI=1S/C9H8BrF2NO3/c10-8(5-14)9(11,12)6-1-3-7(4-2-6)13(15)16/h1-4,8,14H,5H2/t8-/m1/s1. The topological polar surface area (TPSA) is 63.4 Å². The lowest BCUT2D eigenvalue weighted by atomic mass is 10.1. The predicted octanol–water partition coefficient (Wildman–Crippen LogP) is 2.44. The van der Waals surface area contributed by atoms with E-state index in [1.807, 2.05) is 0 Å². The number of aliphatic hydroxyl groups is 1. The Hall–Kier alpha value is -1.08. The molecule has 0 heterocycles. The molecule has 0 unspecified atom stereocenters. The van der Waals surface area contributed by atoms with Gasteiger partial charge in [0.25, 0.3) is 11.6 Å². The minimum atomic E-state index is -3.27. The van der Waals surface area contributed by atoms with Crippen LogP contribution in [0.25, 0.3) is 0 Å². The van der Waals surface area contributed by atoms with Crippen LogP contribution in [0, 0.1) is 10.1 Å². The van der Waals surface area contributed by atoms with Gasteiger partial charge in [0.15, 0.2) is 0 Å². The van der Waals surface area contributed by atoms with Crippen molar-refractivity contribution in [2.75, 3.05) is 6.61 Å². The lowest BCUT2D eigenvalue weighted by Gasteiger charge is -2.20. The van der Waals surface area contributed by atoms with E-state index in [1.165, 1.54) is 0 Å². The molecule has 1 aromatic rings. The zero-order valence-corrected chi connectivity index (χ0v) is 9.52. The molecule has 1 aromatic carbocycles. The van der Waals surface area contributed by atoms with Crippen LogP contribution in [0.3, 0.4) is 0 Å². The average molecular weight is 296 g/mol. The predicted molar refractivity (Wildman–Crippen MR) is 56.8 cm³/mol. The quantitative estimate of drug-likeness (QED) is 0.527. The SMILES string of the molecule is O=[N+]([O-])c1ccc(C(F)(F)[C@H](Br)CO)cc1. The van der Waals surface area contributed by atoms with Crippen molar-refractivity contribution in [2.45, 2.75) is 10.7 Å². The first-order chi connectivity index (χ1) is 7.39. The summed E-state index contributed by atoms with van der Waals surface area (Å²) in [5.74, 6) is -3.27. The third-order valence-corrected chi connectivity index (χ3v) is 2.88. The molecule has 0 amide bonds. The van der Waals surface area contributed by atoms with Gasteiger partial charge in [-0.15, -0.1) is 0 Å². The van der Waals surface area contributed by atoms with Gasteiger partial charge in [0.05, 0.1) is 11.5 Å². The monoisotopic (exact) mass is 295 g/mol.